The van der Waals surface area contributed by atoms with E-state index in [0.29, 0.717) is 6.04 Å². The fourth-order valence-corrected chi connectivity index (χ4v) is 1.76. The standard InChI is InChI=1S/C13H20N/c1-4-14(5-2)12(3)11-13-9-7-6-8-10-13/h6-10,12H,3-5,11H2,1-2H3. The van der Waals surface area contributed by atoms with Crippen LogP contribution in [0.3, 0.4) is 0 Å². The molecule has 1 radical (unpaired) electrons. The second-order valence-corrected chi connectivity index (χ2v) is 3.56. The van der Waals surface area contributed by atoms with Crippen LogP contribution in [0.15, 0.2) is 30.3 Å². The summed E-state index contributed by atoms with van der Waals surface area (Å²) in [7, 11) is 0. The van der Waals surface area contributed by atoms with Crippen molar-refractivity contribution in [3.8, 4) is 0 Å². The Morgan fingerprint density at radius 1 is 1.14 bits per heavy atom. The second kappa shape index (κ2) is 5.82. The Labute approximate surface area is 87.7 Å². The lowest BCUT2D eigenvalue weighted by molar-refractivity contribution is 0.250. The molecule has 0 N–H and O–H groups in total. The molecule has 1 unspecified atom stereocenters. The zero-order chi connectivity index (χ0) is 10.4. The van der Waals surface area contributed by atoms with Crippen molar-refractivity contribution < 1.29 is 0 Å². The van der Waals surface area contributed by atoms with Gasteiger partial charge in [-0.3, -0.25) is 0 Å². The number of rotatable bonds is 5. The molecule has 1 nitrogen and oxygen atoms in total. The highest BCUT2D eigenvalue weighted by atomic mass is 15.1. The third kappa shape index (κ3) is 3.15. The Morgan fingerprint density at radius 2 is 1.71 bits per heavy atom. The summed E-state index contributed by atoms with van der Waals surface area (Å²) in [6.45, 7) is 10.7. The molecular formula is C13H20N. The van der Waals surface area contributed by atoms with Gasteiger partial charge in [0.1, 0.15) is 0 Å². The zero-order valence-electron chi connectivity index (χ0n) is 9.24. The monoisotopic (exact) mass is 190 g/mol. The van der Waals surface area contributed by atoms with Crippen molar-refractivity contribution in [2.75, 3.05) is 13.1 Å². The van der Waals surface area contributed by atoms with Crippen molar-refractivity contribution in [1.82, 2.24) is 4.90 Å². The molecule has 0 spiro atoms. The van der Waals surface area contributed by atoms with Crippen LogP contribution in [-0.2, 0) is 6.42 Å². The first-order valence-electron chi connectivity index (χ1n) is 5.39. The van der Waals surface area contributed by atoms with Crippen molar-refractivity contribution >= 4 is 0 Å². The fourth-order valence-electron chi connectivity index (χ4n) is 1.76. The van der Waals surface area contributed by atoms with Gasteiger partial charge in [0, 0.05) is 6.04 Å². The average Bonchev–Trinajstić information content (AvgIpc) is 2.21. The van der Waals surface area contributed by atoms with Gasteiger partial charge in [-0.25, -0.2) is 0 Å². The average molecular weight is 190 g/mol. The largest absolute Gasteiger partial charge is 0.301 e. The first-order chi connectivity index (χ1) is 6.77. The van der Waals surface area contributed by atoms with Gasteiger partial charge in [-0.1, -0.05) is 44.2 Å². The molecule has 0 heterocycles. The van der Waals surface area contributed by atoms with Crippen LogP contribution in [0, 0.1) is 6.92 Å². The molecule has 0 aliphatic heterocycles. The quantitative estimate of drug-likeness (QED) is 0.690. The van der Waals surface area contributed by atoms with Gasteiger partial charge < -0.3 is 4.90 Å². The summed E-state index contributed by atoms with van der Waals surface area (Å²) >= 11 is 0. The van der Waals surface area contributed by atoms with Crippen molar-refractivity contribution in [3.05, 3.63) is 42.8 Å². The van der Waals surface area contributed by atoms with Crippen LogP contribution in [0.25, 0.3) is 0 Å². The van der Waals surface area contributed by atoms with Crippen molar-refractivity contribution in [2.45, 2.75) is 26.3 Å². The van der Waals surface area contributed by atoms with Crippen LogP contribution in [0.2, 0.25) is 0 Å². The number of hydrogen-bond donors (Lipinski definition) is 0. The predicted molar refractivity (Wildman–Crippen MR) is 62.2 cm³/mol. The van der Waals surface area contributed by atoms with E-state index in [0.717, 1.165) is 19.5 Å². The molecule has 0 saturated carbocycles. The van der Waals surface area contributed by atoms with Gasteiger partial charge in [0.15, 0.2) is 0 Å². The van der Waals surface area contributed by atoms with E-state index in [-0.39, 0.29) is 0 Å². The summed E-state index contributed by atoms with van der Waals surface area (Å²) in [6.07, 6.45) is 1.04. The van der Waals surface area contributed by atoms with Gasteiger partial charge in [0.2, 0.25) is 0 Å². The highest BCUT2D eigenvalue weighted by Crippen LogP contribution is 2.07. The lowest BCUT2D eigenvalue weighted by atomic mass is 10.1. The third-order valence-electron chi connectivity index (χ3n) is 2.64. The molecule has 0 amide bonds. The number of benzene rings is 1. The van der Waals surface area contributed by atoms with Crippen LogP contribution in [0.4, 0.5) is 0 Å². The van der Waals surface area contributed by atoms with Gasteiger partial charge in [0.05, 0.1) is 0 Å². The van der Waals surface area contributed by atoms with Gasteiger partial charge in [0.25, 0.3) is 0 Å². The predicted octanol–water partition coefficient (Wildman–Crippen LogP) is 2.77. The molecule has 0 aromatic heterocycles. The Morgan fingerprint density at radius 3 is 2.21 bits per heavy atom. The van der Waals surface area contributed by atoms with Crippen LogP contribution in [-0.4, -0.2) is 24.0 Å². The SMILES string of the molecule is [CH2]C(Cc1ccccc1)N(CC)CC. The normalized spacial score (nSPS) is 13.1. The molecule has 0 fully saturated rings. The Kier molecular flexibility index (Phi) is 4.68. The fraction of sp³-hybridized carbons (Fsp3) is 0.462. The number of hydrogen-bond acceptors (Lipinski definition) is 1. The van der Waals surface area contributed by atoms with Crippen LogP contribution < -0.4 is 0 Å². The summed E-state index contributed by atoms with van der Waals surface area (Å²) in [4.78, 5) is 2.38. The molecule has 14 heavy (non-hydrogen) atoms. The lowest BCUT2D eigenvalue weighted by Crippen LogP contribution is -2.34. The highest BCUT2D eigenvalue weighted by molar-refractivity contribution is 5.16. The van der Waals surface area contributed by atoms with Crippen molar-refractivity contribution in [1.29, 1.82) is 0 Å². The summed E-state index contributed by atoms with van der Waals surface area (Å²) in [5, 5.41) is 0. The molecule has 0 saturated heterocycles. The van der Waals surface area contributed by atoms with Crippen molar-refractivity contribution in [3.63, 3.8) is 0 Å². The lowest BCUT2D eigenvalue weighted by Gasteiger charge is -2.26. The van der Waals surface area contributed by atoms with Crippen LogP contribution >= 0.6 is 0 Å². The Bertz CT molecular complexity index is 239. The minimum atomic E-state index is 0.396. The Hall–Kier alpha value is -0.820. The van der Waals surface area contributed by atoms with E-state index < -0.39 is 0 Å². The summed E-state index contributed by atoms with van der Waals surface area (Å²) < 4.78 is 0. The molecule has 1 heteroatoms. The molecule has 0 bridgehead atoms. The van der Waals surface area contributed by atoms with Crippen LogP contribution in [0.1, 0.15) is 19.4 Å². The molecule has 0 aliphatic carbocycles. The minimum Gasteiger partial charge on any atom is -0.301 e. The molecule has 1 aromatic carbocycles. The topological polar surface area (TPSA) is 3.24 Å². The number of likely N-dealkylation sites (N-methyl/N-ethyl adjacent to an activating group) is 1. The highest BCUT2D eigenvalue weighted by Gasteiger charge is 2.09. The first-order valence-corrected chi connectivity index (χ1v) is 5.39. The maximum absolute atomic E-state index is 4.20. The summed E-state index contributed by atoms with van der Waals surface area (Å²) in [5.41, 5.74) is 1.37. The van der Waals surface area contributed by atoms with Crippen molar-refractivity contribution in [2.24, 2.45) is 0 Å². The summed E-state index contributed by atoms with van der Waals surface area (Å²) in [5.74, 6) is 0. The second-order valence-electron chi connectivity index (χ2n) is 3.56. The molecule has 0 aliphatic rings. The van der Waals surface area contributed by atoms with E-state index in [9.17, 15) is 0 Å². The molecular weight excluding hydrogens is 170 g/mol. The Balaban J connectivity index is 2.52. The van der Waals surface area contributed by atoms with Gasteiger partial charge in [-0.15, -0.1) is 0 Å². The molecule has 1 aromatic rings. The maximum Gasteiger partial charge on any atom is 0.0136 e. The van der Waals surface area contributed by atoms with Gasteiger partial charge >= 0.3 is 0 Å². The molecule has 77 valence electrons. The van der Waals surface area contributed by atoms with E-state index in [1.54, 1.807) is 0 Å². The minimum absolute atomic E-state index is 0.396. The van der Waals surface area contributed by atoms with E-state index in [1.165, 1.54) is 5.56 Å². The van der Waals surface area contributed by atoms with Gasteiger partial charge in [-0.05, 0) is 32.0 Å². The van der Waals surface area contributed by atoms with E-state index >= 15 is 0 Å². The smallest absolute Gasteiger partial charge is 0.0136 e. The van der Waals surface area contributed by atoms with E-state index in [2.05, 4.69) is 56.0 Å². The maximum atomic E-state index is 4.20. The van der Waals surface area contributed by atoms with E-state index in [1.807, 2.05) is 0 Å². The zero-order valence-corrected chi connectivity index (χ0v) is 9.24. The van der Waals surface area contributed by atoms with Gasteiger partial charge in [-0.2, -0.15) is 0 Å². The number of nitrogens with zero attached hydrogens (tertiary/aromatic N) is 1. The first kappa shape index (κ1) is 11.3. The molecule has 1 atom stereocenters. The van der Waals surface area contributed by atoms with Crippen LogP contribution in [0.5, 0.6) is 0 Å². The molecule has 1 rings (SSSR count). The summed E-state index contributed by atoms with van der Waals surface area (Å²) in [6, 6.07) is 11.0. The van der Waals surface area contributed by atoms with E-state index in [4.69, 9.17) is 0 Å². The third-order valence-corrected chi connectivity index (χ3v) is 2.64.